The number of alkyl halides is 2. The number of ether oxygens (including phenoxy) is 2. The number of aliphatic hydroxyl groups is 2. The van der Waals surface area contributed by atoms with Gasteiger partial charge in [-0.15, -0.1) is 0 Å². The number of benzene rings is 2. The van der Waals surface area contributed by atoms with E-state index in [0.717, 1.165) is 8.95 Å². The van der Waals surface area contributed by atoms with Crippen LogP contribution in [0.2, 0.25) is 0 Å². The summed E-state index contributed by atoms with van der Waals surface area (Å²) in [5.74, 6) is 1.19. The van der Waals surface area contributed by atoms with Gasteiger partial charge in [0.2, 0.25) is 0 Å². The summed E-state index contributed by atoms with van der Waals surface area (Å²) in [6, 6.07) is 14.4. The molecular weight excluding hydrogens is 478 g/mol. The van der Waals surface area contributed by atoms with Gasteiger partial charge < -0.3 is 19.7 Å². The molecule has 0 aliphatic rings. The van der Waals surface area contributed by atoms with Gasteiger partial charge in [-0.3, -0.25) is 0 Å². The van der Waals surface area contributed by atoms with Crippen molar-refractivity contribution >= 4 is 31.9 Å². The molecule has 0 aromatic heterocycles. The second-order valence-electron chi connectivity index (χ2n) is 5.07. The fourth-order valence-corrected chi connectivity index (χ4v) is 2.39. The van der Waals surface area contributed by atoms with Gasteiger partial charge in [0.1, 0.15) is 37.5 Å². The smallest absolute Gasteiger partial charge is 0.162 e. The summed E-state index contributed by atoms with van der Waals surface area (Å²) in [6.45, 7) is -1.45. The molecule has 144 valence electrons. The molecule has 2 unspecified atom stereocenters. The van der Waals surface area contributed by atoms with Gasteiger partial charge in [0.25, 0.3) is 0 Å². The molecule has 4 nitrogen and oxygen atoms in total. The maximum Gasteiger partial charge on any atom is 0.162 e. The third-order valence-corrected chi connectivity index (χ3v) is 4.21. The van der Waals surface area contributed by atoms with Crippen LogP contribution in [-0.4, -0.2) is 49.0 Å². The van der Waals surface area contributed by atoms with E-state index in [-0.39, 0.29) is 19.8 Å². The minimum Gasteiger partial charge on any atom is -0.490 e. The molecule has 2 N–H and O–H groups in total. The van der Waals surface area contributed by atoms with Crippen molar-refractivity contribution in [2.45, 2.75) is 12.3 Å². The lowest BCUT2D eigenvalue weighted by atomic mass is 10.3. The van der Waals surface area contributed by atoms with Crippen molar-refractivity contribution in [2.75, 3.05) is 26.5 Å². The van der Waals surface area contributed by atoms with E-state index in [2.05, 4.69) is 31.9 Å². The zero-order valence-electron chi connectivity index (χ0n) is 13.8. The van der Waals surface area contributed by atoms with E-state index in [1.54, 1.807) is 24.3 Å². The van der Waals surface area contributed by atoms with Gasteiger partial charge in [0, 0.05) is 0 Å². The maximum atomic E-state index is 12.4. The second kappa shape index (κ2) is 13.0. The Bertz CT molecular complexity index is 591. The zero-order valence-corrected chi connectivity index (χ0v) is 17.0. The molecule has 0 aliphatic carbocycles. The molecule has 2 aromatic carbocycles. The summed E-state index contributed by atoms with van der Waals surface area (Å²) in [6.07, 6.45) is -2.38. The third-order valence-electron chi connectivity index (χ3n) is 2.90. The molecule has 26 heavy (non-hydrogen) atoms. The predicted octanol–water partition coefficient (Wildman–Crippen LogP) is 4.32. The highest BCUT2D eigenvalue weighted by molar-refractivity contribution is 9.10. The standard InChI is InChI=1S/C9H9BrF2O.C9H11BrO3/c2*10-8-3-1-2-4-9(8)13-6-7(12)5-11/h1-4,7H,5-6H2;1-4,7,11-12H,5-6H2. The fourth-order valence-electron chi connectivity index (χ4n) is 1.59. The monoisotopic (exact) mass is 496 g/mol. The first-order chi connectivity index (χ1) is 12.5. The number of hydrogen-bond acceptors (Lipinski definition) is 4. The van der Waals surface area contributed by atoms with Gasteiger partial charge in [-0.1, -0.05) is 24.3 Å². The van der Waals surface area contributed by atoms with Gasteiger partial charge in [-0.2, -0.15) is 0 Å². The lowest BCUT2D eigenvalue weighted by Gasteiger charge is -2.10. The van der Waals surface area contributed by atoms with E-state index in [0.29, 0.717) is 11.5 Å². The largest absolute Gasteiger partial charge is 0.490 e. The van der Waals surface area contributed by atoms with Crippen LogP contribution in [0.1, 0.15) is 0 Å². The highest BCUT2D eigenvalue weighted by atomic mass is 79.9. The Morgan fingerprint density at radius 2 is 1.35 bits per heavy atom. The molecule has 0 heterocycles. The first-order valence-corrected chi connectivity index (χ1v) is 9.30. The molecule has 0 spiro atoms. The van der Waals surface area contributed by atoms with Crippen LogP contribution >= 0.6 is 31.9 Å². The normalized spacial score (nSPS) is 12.5. The molecule has 2 aromatic rings. The molecule has 0 radical (unpaired) electrons. The molecule has 8 heteroatoms. The Morgan fingerprint density at radius 3 is 1.77 bits per heavy atom. The molecule has 2 rings (SSSR count). The van der Waals surface area contributed by atoms with E-state index in [9.17, 15) is 8.78 Å². The zero-order chi connectivity index (χ0) is 19.4. The summed E-state index contributed by atoms with van der Waals surface area (Å²) in [7, 11) is 0. The van der Waals surface area contributed by atoms with Crippen LogP contribution in [0.5, 0.6) is 11.5 Å². The van der Waals surface area contributed by atoms with Gasteiger partial charge >= 0.3 is 0 Å². The van der Waals surface area contributed by atoms with Crippen molar-refractivity contribution in [3.63, 3.8) is 0 Å². The van der Waals surface area contributed by atoms with Crippen molar-refractivity contribution in [3.05, 3.63) is 57.5 Å². The molecule has 0 saturated carbocycles. The minimum absolute atomic E-state index is 0.0963. The van der Waals surface area contributed by atoms with Crippen LogP contribution in [0.25, 0.3) is 0 Å². The summed E-state index contributed by atoms with van der Waals surface area (Å²) in [5.41, 5.74) is 0. The van der Waals surface area contributed by atoms with Gasteiger partial charge in [0.05, 0.1) is 15.6 Å². The predicted molar refractivity (Wildman–Crippen MR) is 103 cm³/mol. The summed E-state index contributed by atoms with van der Waals surface area (Å²) < 4.78 is 36.0. The highest BCUT2D eigenvalue weighted by Crippen LogP contribution is 2.24. The van der Waals surface area contributed by atoms with Crippen molar-refractivity contribution in [2.24, 2.45) is 0 Å². The lowest BCUT2D eigenvalue weighted by molar-refractivity contribution is 0.0534. The first-order valence-electron chi connectivity index (χ1n) is 7.71. The van der Waals surface area contributed by atoms with E-state index in [1.807, 2.05) is 24.3 Å². The van der Waals surface area contributed by atoms with Gasteiger partial charge in [-0.05, 0) is 56.1 Å². The highest BCUT2D eigenvalue weighted by Gasteiger charge is 2.07. The Labute approximate surface area is 168 Å². The topological polar surface area (TPSA) is 58.9 Å². The molecule has 0 amide bonds. The fraction of sp³-hybridized carbons (Fsp3) is 0.333. The van der Waals surface area contributed by atoms with E-state index >= 15 is 0 Å². The van der Waals surface area contributed by atoms with E-state index < -0.39 is 19.0 Å². The molecular formula is C18H20Br2F2O4. The molecule has 2 atom stereocenters. The van der Waals surface area contributed by atoms with Crippen LogP contribution in [0.15, 0.2) is 57.5 Å². The van der Waals surface area contributed by atoms with Crippen LogP contribution in [0.4, 0.5) is 8.78 Å². The number of para-hydroxylation sites is 2. The van der Waals surface area contributed by atoms with Gasteiger partial charge in [0.15, 0.2) is 6.17 Å². The first kappa shape index (κ1) is 22.8. The number of halogens is 4. The number of aliphatic hydroxyl groups excluding tert-OH is 2. The molecule has 0 saturated heterocycles. The van der Waals surface area contributed by atoms with Crippen molar-refractivity contribution < 1.29 is 28.5 Å². The summed E-state index contributed by atoms with van der Waals surface area (Å²) >= 11 is 6.53. The average molecular weight is 498 g/mol. The van der Waals surface area contributed by atoms with Crippen LogP contribution < -0.4 is 9.47 Å². The molecule has 0 aliphatic heterocycles. The molecule has 0 bridgehead atoms. The van der Waals surface area contributed by atoms with Gasteiger partial charge in [-0.25, -0.2) is 8.78 Å². The Morgan fingerprint density at radius 1 is 0.885 bits per heavy atom. The number of hydrogen-bond donors (Lipinski definition) is 2. The second-order valence-corrected chi connectivity index (χ2v) is 6.78. The van der Waals surface area contributed by atoms with Crippen molar-refractivity contribution in [1.29, 1.82) is 0 Å². The average Bonchev–Trinajstić information content (AvgIpc) is 2.66. The van der Waals surface area contributed by atoms with Crippen LogP contribution in [0, 0.1) is 0 Å². The Hall–Kier alpha value is -1.22. The minimum atomic E-state index is -1.55. The van der Waals surface area contributed by atoms with Crippen molar-refractivity contribution in [1.82, 2.24) is 0 Å². The lowest BCUT2D eigenvalue weighted by Crippen LogP contribution is -2.21. The maximum absolute atomic E-state index is 12.4. The quantitative estimate of drug-likeness (QED) is 0.570. The molecule has 0 fully saturated rings. The van der Waals surface area contributed by atoms with E-state index in [1.165, 1.54) is 0 Å². The van der Waals surface area contributed by atoms with Crippen LogP contribution in [0.3, 0.4) is 0 Å². The number of rotatable bonds is 8. The summed E-state index contributed by atoms with van der Waals surface area (Å²) in [4.78, 5) is 0. The third kappa shape index (κ3) is 8.93. The summed E-state index contributed by atoms with van der Waals surface area (Å²) in [5, 5.41) is 17.6. The SMILES string of the molecule is FCC(F)COc1ccccc1Br.OCC(O)COc1ccccc1Br. The Balaban J connectivity index is 0.000000260. The van der Waals surface area contributed by atoms with Crippen LogP contribution in [-0.2, 0) is 0 Å². The Kier molecular flexibility index (Phi) is 11.4. The van der Waals surface area contributed by atoms with Crippen molar-refractivity contribution in [3.8, 4) is 11.5 Å². The van der Waals surface area contributed by atoms with E-state index in [4.69, 9.17) is 19.7 Å².